The summed E-state index contributed by atoms with van der Waals surface area (Å²) >= 11 is 1.54. The lowest BCUT2D eigenvalue weighted by atomic mass is 9.95. The molecular weight excluding hydrogens is 556 g/mol. The molecule has 1 aromatic carbocycles. The molecule has 3 heterocycles. The predicted octanol–water partition coefficient (Wildman–Crippen LogP) is 2.05. The molecule has 0 unspecified atom stereocenters. The molecule has 3 aromatic rings. The van der Waals surface area contributed by atoms with Gasteiger partial charge in [0.05, 0.1) is 29.5 Å². The van der Waals surface area contributed by atoms with E-state index in [9.17, 15) is 18.4 Å². The van der Waals surface area contributed by atoms with Gasteiger partial charge in [0.1, 0.15) is 5.75 Å². The van der Waals surface area contributed by atoms with E-state index in [0.717, 1.165) is 4.88 Å². The van der Waals surface area contributed by atoms with Crippen LogP contribution in [0.2, 0.25) is 0 Å². The second kappa shape index (κ2) is 13.4. The van der Waals surface area contributed by atoms with E-state index >= 15 is 0 Å². The normalized spacial score (nSPS) is 15.5. The number of likely N-dealkylation sites (tertiary alicyclic amines) is 1. The van der Waals surface area contributed by atoms with Crippen molar-refractivity contribution in [2.75, 3.05) is 40.0 Å². The molecule has 38 heavy (non-hydrogen) atoms. The predicted molar refractivity (Wildman–Crippen MR) is 142 cm³/mol. The number of thiophene rings is 1. The Morgan fingerprint density at radius 1 is 1.16 bits per heavy atom. The molecule has 1 fully saturated rings. The number of aryl methyl sites for hydroxylation is 1. The van der Waals surface area contributed by atoms with Gasteiger partial charge in [-0.15, -0.1) is 33.9 Å². The molecule has 15 heteroatoms. The Morgan fingerprint density at radius 3 is 2.53 bits per heavy atom. The molecule has 1 saturated heterocycles. The van der Waals surface area contributed by atoms with E-state index in [1.165, 1.54) is 16.9 Å². The van der Waals surface area contributed by atoms with Gasteiger partial charge in [0.15, 0.2) is 14.6 Å². The third-order valence-corrected chi connectivity index (χ3v) is 9.79. The van der Waals surface area contributed by atoms with Gasteiger partial charge in [-0.1, -0.05) is 6.07 Å². The topological polar surface area (TPSA) is 149 Å². The van der Waals surface area contributed by atoms with Crippen LogP contribution in [-0.4, -0.2) is 89.3 Å². The summed E-state index contributed by atoms with van der Waals surface area (Å²) in [6.45, 7) is 2.83. The fourth-order valence-electron chi connectivity index (χ4n) is 4.26. The third-order valence-electron chi connectivity index (χ3n) is 6.40. The Kier molecular flexibility index (Phi) is 10.6. The molecular formula is C23H31ClN6O6S2. The summed E-state index contributed by atoms with van der Waals surface area (Å²) < 4.78 is 36.2. The molecule has 0 spiro atoms. The molecule has 1 amide bonds. The summed E-state index contributed by atoms with van der Waals surface area (Å²) in [4.78, 5) is 17.1. The van der Waals surface area contributed by atoms with Crippen LogP contribution in [0.1, 0.15) is 19.3 Å². The first-order valence-electron chi connectivity index (χ1n) is 11.8. The molecule has 12 nitrogen and oxygen atoms in total. The standard InChI is InChI=1S/C23H30N6O6S2.ClH/c1-34-16-14-28-12-9-23(10-13-28,22(30)26-31)37(32,33)19-7-5-18(6-8-19)35-15-3-11-29-25-21(24-27-29)20-4-2-17-36-20;/h2,4-8,17,31H,3,9-16H2,1H3,(H,26,30);1H. The van der Waals surface area contributed by atoms with E-state index in [1.807, 2.05) is 22.4 Å². The number of hydrogen-bond donors (Lipinski definition) is 2. The maximum atomic E-state index is 13.6. The number of rotatable bonds is 12. The number of tetrazole rings is 1. The summed E-state index contributed by atoms with van der Waals surface area (Å²) in [5.41, 5.74) is 1.58. The molecule has 0 aliphatic carbocycles. The largest absolute Gasteiger partial charge is 0.494 e. The van der Waals surface area contributed by atoms with Gasteiger partial charge in [0.25, 0.3) is 5.91 Å². The van der Waals surface area contributed by atoms with E-state index in [2.05, 4.69) is 15.4 Å². The highest BCUT2D eigenvalue weighted by molar-refractivity contribution is 7.93. The monoisotopic (exact) mass is 586 g/mol. The van der Waals surface area contributed by atoms with Gasteiger partial charge < -0.3 is 14.4 Å². The van der Waals surface area contributed by atoms with Gasteiger partial charge in [-0.25, -0.2) is 13.9 Å². The number of ether oxygens (including phenoxy) is 2. The number of aromatic nitrogens is 4. The van der Waals surface area contributed by atoms with Gasteiger partial charge >= 0.3 is 0 Å². The van der Waals surface area contributed by atoms with Crippen LogP contribution >= 0.6 is 23.7 Å². The SMILES string of the molecule is COCCN1CCC(C(=O)NO)(S(=O)(=O)c2ccc(OCCCn3nnc(-c4cccs4)n3)cc2)CC1.Cl. The summed E-state index contributed by atoms with van der Waals surface area (Å²) in [5.74, 6) is 0.170. The number of nitrogens with one attached hydrogen (secondary N) is 1. The van der Waals surface area contributed by atoms with Crippen molar-refractivity contribution in [2.24, 2.45) is 0 Å². The molecule has 0 radical (unpaired) electrons. The Bertz CT molecular complexity index is 1260. The van der Waals surface area contributed by atoms with Crippen LogP contribution in [0.25, 0.3) is 10.7 Å². The molecule has 2 aromatic heterocycles. The first kappa shape index (κ1) is 29.9. The van der Waals surface area contributed by atoms with Crippen LogP contribution in [0, 0.1) is 0 Å². The molecule has 0 bridgehead atoms. The van der Waals surface area contributed by atoms with Crippen molar-refractivity contribution in [1.82, 2.24) is 30.6 Å². The molecule has 4 rings (SSSR count). The molecule has 208 valence electrons. The van der Waals surface area contributed by atoms with Crippen LogP contribution in [0.15, 0.2) is 46.7 Å². The van der Waals surface area contributed by atoms with E-state index in [4.69, 9.17) is 9.47 Å². The number of amides is 1. The minimum absolute atomic E-state index is 0. The van der Waals surface area contributed by atoms with Crippen LogP contribution in [0.4, 0.5) is 0 Å². The van der Waals surface area contributed by atoms with Crippen molar-refractivity contribution >= 4 is 39.5 Å². The van der Waals surface area contributed by atoms with E-state index < -0.39 is 20.5 Å². The van der Waals surface area contributed by atoms with Crippen LogP contribution in [-0.2, 0) is 25.9 Å². The van der Waals surface area contributed by atoms with Crippen molar-refractivity contribution in [3.63, 3.8) is 0 Å². The minimum Gasteiger partial charge on any atom is -0.494 e. The molecule has 0 saturated carbocycles. The Labute approximate surface area is 231 Å². The Hall–Kier alpha value is -2.62. The van der Waals surface area contributed by atoms with Gasteiger partial charge in [-0.05, 0) is 53.8 Å². The van der Waals surface area contributed by atoms with Crippen molar-refractivity contribution < 1.29 is 27.9 Å². The van der Waals surface area contributed by atoms with Crippen molar-refractivity contribution in [3.8, 4) is 16.5 Å². The lowest BCUT2D eigenvalue weighted by molar-refractivity contribution is -0.133. The van der Waals surface area contributed by atoms with Crippen molar-refractivity contribution in [3.05, 3.63) is 41.8 Å². The quantitative estimate of drug-likeness (QED) is 0.183. The fraction of sp³-hybridized carbons (Fsp3) is 0.478. The number of hydroxylamine groups is 1. The number of halogens is 1. The highest BCUT2D eigenvalue weighted by atomic mass is 35.5. The summed E-state index contributed by atoms with van der Waals surface area (Å²) in [6.07, 6.45) is 0.752. The number of carbonyl (C=O) groups is 1. The number of carbonyl (C=O) groups excluding carboxylic acids is 1. The highest BCUT2D eigenvalue weighted by Gasteiger charge is 2.52. The second-order valence-corrected chi connectivity index (χ2v) is 11.8. The zero-order valence-electron chi connectivity index (χ0n) is 20.9. The average molecular weight is 587 g/mol. The van der Waals surface area contributed by atoms with E-state index in [1.54, 1.807) is 36.1 Å². The van der Waals surface area contributed by atoms with Gasteiger partial charge in [-0.3, -0.25) is 10.0 Å². The summed E-state index contributed by atoms with van der Waals surface area (Å²) in [7, 11) is -2.49. The van der Waals surface area contributed by atoms with Gasteiger partial charge in [-0.2, -0.15) is 4.80 Å². The maximum absolute atomic E-state index is 13.6. The number of nitrogens with zero attached hydrogens (tertiary/aromatic N) is 5. The average Bonchev–Trinajstić information content (AvgIpc) is 3.62. The molecule has 0 atom stereocenters. The van der Waals surface area contributed by atoms with Crippen LogP contribution in [0.5, 0.6) is 5.75 Å². The lowest BCUT2D eigenvalue weighted by Crippen LogP contribution is -2.57. The molecule has 1 aliphatic heterocycles. The smallest absolute Gasteiger partial charge is 0.265 e. The number of benzene rings is 1. The van der Waals surface area contributed by atoms with Crippen LogP contribution in [0.3, 0.4) is 0 Å². The van der Waals surface area contributed by atoms with Crippen molar-refractivity contribution in [1.29, 1.82) is 0 Å². The minimum atomic E-state index is -4.08. The summed E-state index contributed by atoms with van der Waals surface area (Å²) in [6, 6.07) is 9.85. The zero-order chi connectivity index (χ0) is 26.3. The molecule has 2 N–H and O–H groups in total. The highest BCUT2D eigenvalue weighted by Crippen LogP contribution is 2.36. The van der Waals surface area contributed by atoms with Crippen LogP contribution < -0.4 is 10.2 Å². The maximum Gasteiger partial charge on any atom is 0.265 e. The molecule has 1 aliphatic rings. The fourth-order valence-corrected chi connectivity index (χ4v) is 6.86. The Morgan fingerprint density at radius 2 is 1.89 bits per heavy atom. The summed E-state index contributed by atoms with van der Waals surface area (Å²) in [5, 5.41) is 23.7. The first-order valence-corrected chi connectivity index (χ1v) is 14.2. The van der Waals surface area contributed by atoms with E-state index in [0.29, 0.717) is 57.4 Å². The lowest BCUT2D eigenvalue weighted by Gasteiger charge is -2.39. The number of hydrogen-bond acceptors (Lipinski definition) is 11. The van der Waals surface area contributed by atoms with Gasteiger partial charge in [0.2, 0.25) is 5.82 Å². The number of methoxy groups -OCH3 is 1. The zero-order valence-corrected chi connectivity index (χ0v) is 23.3. The first-order chi connectivity index (χ1) is 17.9. The van der Waals surface area contributed by atoms with Gasteiger partial charge in [0, 0.05) is 33.2 Å². The number of piperidine rings is 1. The Balaban J connectivity index is 0.00000400. The second-order valence-electron chi connectivity index (χ2n) is 8.63. The van der Waals surface area contributed by atoms with E-state index in [-0.39, 0.29) is 30.1 Å². The number of sulfone groups is 1. The van der Waals surface area contributed by atoms with Crippen molar-refractivity contribution in [2.45, 2.75) is 35.4 Å². The third kappa shape index (κ3) is 6.50.